The largest absolute Gasteiger partial charge is 0.496 e. The molecule has 0 spiro atoms. The summed E-state index contributed by atoms with van der Waals surface area (Å²) in [5, 5.41) is 39.0. The van der Waals surface area contributed by atoms with E-state index in [0.29, 0.717) is 78.6 Å². The van der Waals surface area contributed by atoms with Crippen LogP contribution >= 0.6 is 115 Å². The van der Waals surface area contributed by atoms with E-state index in [2.05, 4.69) is 107 Å². The van der Waals surface area contributed by atoms with Gasteiger partial charge in [0.25, 0.3) is 0 Å². The van der Waals surface area contributed by atoms with Gasteiger partial charge < -0.3 is 62.6 Å². The lowest BCUT2D eigenvalue weighted by molar-refractivity contribution is -0.141. The van der Waals surface area contributed by atoms with Crippen molar-refractivity contribution in [1.82, 2.24) is 24.1 Å². The summed E-state index contributed by atoms with van der Waals surface area (Å²) in [6, 6.07) is 38.9. The molecule has 0 amide bonds. The van der Waals surface area contributed by atoms with E-state index in [4.69, 9.17) is 60.4 Å². The third kappa shape index (κ3) is 27.8. The summed E-state index contributed by atoms with van der Waals surface area (Å²) in [6.45, 7) is 5.10. The molecule has 1 aliphatic carbocycles. The highest BCUT2D eigenvalue weighted by Crippen LogP contribution is 2.44. The SMILES string of the molecule is COC(=O)/C=C/Cc1ccc(Br)cc1OC.COC(=O)CCCc1ccc(Br)cc1OC.COc1cc(Br)ccc1CC(=O)O.COc1cc(Br)ccc1CC=O.COc1cc(Br)ccc1CCO.Cc1c(C(=O)O)n2c3ccc(Cl)c(c13)-c1c(nn(C)c1C)CSCc1cc(n(C)n1)CSc1cc3c(c(c1)OCCC2)CCCC3. The van der Waals surface area contributed by atoms with Gasteiger partial charge >= 0.3 is 23.9 Å². The van der Waals surface area contributed by atoms with Gasteiger partial charge in [-0.25, -0.2) is 9.59 Å². The van der Waals surface area contributed by atoms with E-state index >= 15 is 0 Å². The number of methoxy groups -OCH3 is 7. The number of aromatic carboxylic acids is 1. The number of aldehydes is 1. The number of carbonyl (C=O) groups is 5. The van der Waals surface area contributed by atoms with Gasteiger partial charge in [0.1, 0.15) is 46.5 Å². The molecule has 21 nitrogen and oxygen atoms in total. The first-order chi connectivity index (χ1) is 55.2. The number of fused-ring (bicyclic) bond motifs is 8. The Bertz CT molecular complexity index is 5010. The van der Waals surface area contributed by atoms with Crippen molar-refractivity contribution in [3.8, 4) is 45.6 Å². The third-order valence-corrected chi connectivity index (χ3v) is 23.3. The molecular formula is C86H95Br5ClN5O16S2. The number of allylic oxidation sites excluding steroid dienone is 1. The summed E-state index contributed by atoms with van der Waals surface area (Å²) in [6.07, 6.45) is 12.8. The molecule has 115 heavy (non-hydrogen) atoms. The first kappa shape index (κ1) is 94.1. The Kier molecular flexibility index (Phi) is 39.3. The zero-order valence-corrected chi connectivity index (χ0v) is 76.3. The number of aliphatic hydroxyl groups excluding tert-OH is 1. The van der Waals surface area contributed by atoms with Crippen LogP contribution in [0, 0.1) is 13.8 Å². The number of carboxylic acids is 2. The number of aryl methyl sites for hydroxylation is 6. The number of aliphatic hydroxyl groups is 1. The lowest BCUT2D eigenvalue weighted by Crippen LogP contribution is -2.13. The fourth-order valence-corrected chi connectivity index (χ4v) is 16.6. The molecule has 8 bridgehead atoms. The highest BCUT2D eigenvalue weighted by Gasteiger charge is 2.28. The molecule has 3 aromatic heterocycles. The van der Waals surface area contributed by atoms with Crippen LogP contribution < -0.4 is 28.4 Å². The Morgan fingerprint density at radius 1 is 0.609 bits per heavy atom. The maximum Gasteiger partial charge on any atom is 0.352 e. The maximum atomic E-state index is 12.7. The zero-order valence-electron chi connectivity index (χ0n) is 66.0. The minimum Gasteiger partial charge on any atom is -0.496 e. The molecule has 0 fully saturated rings. The fourth-order valence-electron chi connectivity index (χ4n) is 12.8. The van der Waals surface area contributed by atoms with Crippen molar-refractivity contribution < 1.29 is 77.2 Å². The number of aromatic nitrogens is 5. The molecule has 0 saturated carbocycles. The summed E-state index contributed by atoms with van der Waals surface area (Å²) in [7, 11) is 14.7. The van der Waals surface area contributed by atoms with Crippen LogP contribution in [0.5, 0.6) is 34.5 Å². The van der Waals surface area contributed by atoms with Gasteiger partial charge in [-0.15, -0.1) is 23.5 Å². The molecule has 29 heteroatoms. The summed E-state index contributed by atoms with van der Waals surface area (Å²) >= 11 is 27.3. The number of aliphatic carboxylic acids is 1. The van der Waals surface area contributed by atoms with Gasteiger partial charge in [0, 0.05) is 140 Å². The van der Waals surface area contributed by atoms with Crippen LogP contribution in [0.15, 0.2) is 161 Å². The summed E-state index contributed by atoms with van der Waals surface area (Å²) in [5.41, 5.74) is 15.3. The topological polar surface area (TPSA) is 260 Å². The van der Waals surface area contributed by atoms with Crippen LogP contribution in [-0.4, -0.2) is 133 Å². The first-order valence-corrected chi connectivity index (χ1v) is 43.0. The van der Waals surface area contributed by atoms with E-state index in [1.165, 1.54) is 62.0 Å². The van der Waals surface area contributed by atoms with Gasteiger partial charge in [-0.05, 0) is 196 Å². The molecule has 12 rings (SSSR count). The fraction of sp³-hybridized carbons (Fsp3) is 0.337. The quantitative estimate of drug-likeness (QED) is 0.0386. The van der Waals surface area contributed by atoms with Crippen LogP contribution in [0.25, 0.3) is 22.0 Å². The summed E-state index contributed by atoms with van der Waals surface area (Å²) in [4.78, 5) is 56.5. The van der Waals surface area contributed by atoms with Gasteiger partial charge in [-0.3, -0.25) is 19.0 Å². The highest BCUT2D eigenvalue weighted by molar-refractivity contribution is 9.11. The van der Waals surface area contributed by atoms with E-state index in [0.717, 1.165) is 156 Å². The van der Waals surface area contributed by atoms with Crippen LogP contribution in [-0.2, 0) is 111 Å². The van der Waals surface area contributed by atoms with Crippen LogP contribution in [0.4, 0.5) is 0 Å². The number of halogens is 6. The molecule has 3 N–H and O–H groups in total. The van der Waals surface area contributed by atoms with Crippen LogP contribution in [0.3, 0.4) is 0 Å². The number of carboxylic acid groups (broad SMARTS) is 2. The molecule has 0 unspecified atom stereocenters. The Morgan fingerprint density at radius 2 is 1.16 bits per heavy atom. The molecule has 7 aromatic carbocycles. The van der Waals surface area contributed by atoms with E-state index in [-0.39, 0.29) is 25.0 Å². The first-order valence-electron chi connectivity index (χ1n) is 36.5. The molecule has 0 saturated heterocycles. The smallest absolute Gasteiger partial charge is 0.352 e. The van der Waals surface area contributed by atoms with Gasteiger partial charge in [0.15, 0.2) is 0 Å². The summed E-state index contributed by atoms with van der Waals surface area (Å²) < 4.78 is 51.9. The Labute approximate surface area is 727 Å². The number of hydrogen-bond donors (Lipinski definition) is 3. The molecule has 4 heterocycles. The predicted molar refractivity (Wildman–Crippen MR) is 472 cm³/mol. The molecule has 2 aliphatic rings. The monoisotopic (exact) mass is 1950 g/mol. The molecular weight excluding hydrogens is 1860 g/mol. The predicted octanol–water partition coefficient (Wildman–Crippen LogP) is 20.1. The second-order valence-corrected chi connectivity index (χ2v) is 33.1. The van der Waals surface area contributed by atoms with Crippen LogP contribution in [0.2, 0.25) is 5.02 Å². The zero-order chi connectivity index (χ0) is 83.8. The van der Waals surface area contributed by atoms with Crippen LogP contribution in [0.1, 0.15) is 110 Å². The van der Waals surface area contributed by atoms with Crippen molar-refractivity contribution >= 4 is 156 Å². The molecule has 0 radical (unpaired) electrons. The maximum absolute atomic E-state index is 12.7. The molecule has 0 atom stereocenters. The number of hydrogen-bond acceptors (Lipinski definition) is 18. The minimum absolute atomic E-state index is 0.0174. The van der Waals surface area contributed by atoms with Gasteiger partial charge in [0.2, 0.25) is 0 Å². The highest BCUT2D eigenvalue weighted by atomic mass is 79.9. The minimum atomic E-state index is -0.946. The third-order valence-electron chi connectivity index (χ3n) is 18.5. The van der Waals surface area contributed by atoms with E-state index < -0.39 is 11.9 Å². The van der Waals surface area contributed by atoms with Crippen molar-refractivity contribution in [2.45, 2.75) is 120 Å². The van der Waals surface area contributed by atoms with Crippen molar-refractivity contribution in [2.75, 3.05) is 63.0 Å². The van der Waals surface area contributed by atoms with Crippen molar-refractivity contribution in [3.05, 3.63) is 234 Å². The summed E-state index contributed by atoms with van der Waals surface area (Å²) in [5.74, 6) is 4.69. The standard InChI is InChI=1S/C35H38ClN5O3S2.C12H15BrO3.C12H13BrO3.C9H9BrO3.C9H11BrO2.C9H9BrO2/c1-20-31-29-11-10-27(36)33(31)32-21(2)39(3)38-28(32)19-45-17-23-15-24(40(4)37-23)18-46-25-14-22-8-5-6-9-26(22)30(16-25)44-13-7-12-41(29)34(20)35(42)43;2*1-15-11-8-10(13)7-6-9(11)4-3-5-12(14)16-2;1-13-8-5-7(10)3-2-6(8)4-9(11)12;2*1-12-9-6-8(10)3-2-7(9)4-5-11/h10-11,14-16H,5-9,12-13,17-19H2,1-4H3,(H,42,43);6-8H,3-5H2,1-2H3;3,5-8H,4H2,1-2H3;2-3,5H,4H2,1H3,(H,11,12);2-3,6,11H,4-5H2,1H3;2-3,5-6H,4H2,1H3/b;;5-3+;;;. The molecule has 614 valence electrons. The van der Waals surface area contributed by atoms with Crippen molar-refractivity contribution in [3.63, 3.8) is 0 Å². The second kappa shape index (κ2) is 48.0. The van der Waals surface area contributed by atoms with Gasteiger partial charge in [-0.1, -0.05) is 128 Å². The van der Waals surface area contributed by atoms with Crippen molar-refractivity contribution in [2.24, 2.45) is 14.1 Å². The average Bonchev–Trinajstić information content (AvgIpc) is 1.58. The van der Waals surface area contributed by atoms with Gasteiger partial charge in [0.05, 0.1) is 74.2 Å². The number of ether oxygens (including phenoxy) is 8. The number of esters is 2. The Hall–Kier alpha value is -8.06. The number of rotatable bonds is 19. The number of thioether (sulfide) groups is 2. The number of benzene rings is 7. The van der Waals surface area contributed by atoms with E-state index in [1.807, 2.05) is 139 Å². The lowest BCUT2D eigenvalue weighted by Gasteiger charge is -2.21. The Balaban J connectivity index is 0.000000217. The molecule has 1 aliphatic heterocycles. The Morgan fingerprint density at radius 3 is 1.70 bits per heavy atom. The van der Waals surface area contributed by atoms with E-state index in [1.54, 1.807) is 64.5 Å². The molecule has 10 aromatic rings. The lowest BCUT2D eigenvalue weighted by atomic mass is 9.91. The average molecular weight is 1950 g/mol. The normalized spacial score (nSPS) is 12.2. The van der Waals surface area contributed by atoms with Gasteiger partial charge in [-0.2, -0.15) is 10.2 Å². The number of nitrogens with zero attached hydrogens (tertiary/aromatic N) is 5. The van der Waals surface area contributed by atoms with E-state index in [9.17, 15) is 29.1 Å². The van der Waals surface area contributed by atoms with Crippen molar-refractivity contribution in [1.29, 1.82) is 0 Å². The second-order valence-electron chi connectivity index (χ2n) is 26.0. The number of carbonyl (C=O) groups excluding carboxylic acids is 3.